The van der Waals surface area contributed by atoms with Gasteiger partial charge in [-0.3, -0.25) is 0 Å². The van der Waals surface area contributed by atoms with Crippen LogP contribution >= 0.6 is 0 Å². The van der Waals surface area contributed by atoms with Gasteiger partial charge in [0.2, 0.25) is 34.8 Å². The number of hydrogen-bond acceptors (Lipinski definition) is 5. The van der Waals surface area contributed by atoms with Gasteiger partial charge in [0.05, 0.1) is 0 Å². The largest absolute Gasteiger partial charge is 0.451 e. The maximum Gasteiger partial charge on any atom is 0.406 e. The Morgan fingerprint density at radius 1 is 0.500 bits per heavy atom. The molecule has 0 amide bonds. The first-order chi connectivity index (χ1) is 23.2. The van der Waals surface area contributed by atoms with Crippen LogP contribution < -0.4 is 9.47 Å². The van der Waals surface area contributed by atoms with Crippen LogP contribution in [0.5, 0.6) is 23.0 Å². The molecule has 0 aliphatic heterocycles. The summed E-state index contributed by atoms with van der Waals surface area (Å²) in [5.41, 5.74) is -8.57. The van der Waals surface area contributed by atoms with Crippen molar-refractivity contribution >= 4 is 0 Å². The van der Waals surface area contributed by atoms with E-state index in [4.69, 9.17) is 9.15 Å². The monoisotopic (exact) mass is 728 g/mol. The molecule has 0 N–H and O–H groups in total. The zero-order valence-corrected chi connectivity index (χ0v) is 24.5. The highest BCUT2D eigenvalue weighted by Gasteiger charge is 2.68. The number of aromatic nitrogens is 2. The summed E-state index contributed by atoms with van der Waals surface area (Å²) in [6.07, 6.45) is -11.7. The molecule has 0 bridgehead atoms. The van der Waals surface area contributed by atoms with Gasteiger partial charge >= 0.3 is 12.4 Å². The molecule has 0 fully saturated rings. The first-order valence-electron chi connectivity index (χ1n) is 13.4. The molecule has 1 aromatic heterocycles. The van der Waals surface area contributed by atoms with Crippen molar-refractivity contribution in [2.24, 2.45) is 0 Å². The molecule has 5 aromatic rings. The van der Waals surface area contributed by atoms with Gasteiger partial charge < -0.3 is 13.9 Å². The SMILES string of the molecule is Cc1ccc(Oc2c(F)c(F)c(-c3nnc(-c4c(F)c(F)c(Oc5ccc(C(C)(C(F)(F)F)C(F)(F)F)cc5)c(F)c4F)o3)c(F)c2F)cc1. The first kappa shape index (κ1) is 35.9. The summed E-state index contributed by atoms with van der Waals surface area (Å²) in [6, 6.07) is 6.64. The van der Waals surface area contributed by atoms with Crippen molar-refractivity contribution in [2.75, 3.05) is 0 Å². The molecule has 0 saturated carbocycles. The molecule has 264 valence electrons. The first-order valence-corrected chi connectivity index (χ1v) is 13.4. The molecule has 0 spiro atoms. The summed E-state index contributed by atoms with van der Waals surface area (Å²) in [5.74, 6) is -25.5. The lowest BCUT2D eigenvalue weighted by molar-refractivity contribution is -0.297. The fourth-order valence-electron chi connectivity index (χ4n) is 4.39. The van der Waals surface area contributed by atoms with E-state index in [1.807, 2.05) is 0 Å². The quantitative estimate of drug-likeness (QED) is 0.123. The van der Waals surface area contributed by atoms with E-state index in [1.54, 1.807) is 6.92 Å². The third kappa shape index (κ3) is 5.93. The topological polar surface area (TPSA) is 57.4 Å². The number of alkyl halides is 6. The van der Waals surface area contributed by atoms with Gasteiger partial charge in [-0.15, -0.1) is 10.2 Å². The highest BCUT2D eigenvalue weighted by Crippen LogP contribution is 2.52. The van der Waals surface area contributed by atoms with Crippen LogP contribution in [0, 0.1) is 53.5 Å². The van der Waals surface area contributed by atoms with Crippen LogP contribution in [0.4, 0.5) is 61.5 Å². The minimum absolute atomic E-state index is 0.166. The van der Waals surface area contributed by atoms with Crippen LogP contribution in [0.25, 0.3) is 22.9 Å². The standard InChI is InChI=1S/C31H14F14N2O3/c1-11-3-7-13(8-4-11)48-25-21(36)17(32)15(18(33)22(25)37)27-46-47-28(50-27)16-19(34)23(38)26(24(39)20(16)35)49-14-9-5-12(6-10-14)29(2,30(40,41)42)31(43,44)45/h3-10H,1-2H3. The zero-order valence-electron chi connectivity index (χ0n) is 24.5. The Bertz CT molecular complexity index is 2020. The van der Waals surface area contributed by atoms with Crippen LogP contribution in [0.15, 0.2) is 52.9 Å². The molecule has 0 atom stereocenters. The molecule has 0 saturated heterocycles. The van der Waals surface area contributed by atoms with Crippen LogP contribution in [-0.2, 0) is 5.41 Å². The number of rotatable bonds is 7. The zero-order chi connectivity index (χ0) is 37.1. The lowest BCUT2D eigenvalue weighted by atomic mass is 9.81. The molecular weight excluding hydrogens is 714 g/mol. The summed E-state index contributed by atoms with van der Waals surface area (Å²) >= 11 is 0. The minimum atomic E-state index is -5.85. The lowest BCUT2D eigenvalue weighted by Gasteiger charge is -2.34. The normalized spacial score (nSPS) is 12.4. The smallest absolute Gasteiger partial charge is 0.406 e. The fourth-order valence-corrected chi connectivity index (χ4v) is 4.39. The van der Waals surface area contributed by atoms with E-state index in [9.17, 15) is 52.7 Å². The van der Waals surface area contributed by atoms with Crippen molar-refractivity contribution in [1.82, 2.24) is 10.2 Å². The molecule has 19 heteroatoms. The molecule has 0 unspecified atom stereocenters. The lowest BCUT2D eigenvalue weighted by Crippen LogP contribution is -2.51. The second-order valence-electron chi connectivity index (χ2n) is 10.5. The van der Waals surface area contributed by atoms with Gasteiger partial charge in [-0.1, -0.05) is 29.8 Å². The Balaban J connectivity index is 1.48. The third-order valence-electron chi connectivity index (χ3n) is 7.33. The van der Waals surface area contributed by atoms with E-state index in [0.717, 1.165) is 0 Å². The van der Waals surface area contributed by atoms with E-state index in [0.29, 0.717) is 17.7 Å². The average Bonchev–Trinajstić information content (AvgIpc) is 3.52. The summed E-state index contributed by atoms with van der Waals surface area (Å²) in [5, 5.41) is 6.07. The fraction of sp³-hybridized carbons (Fsp3) is 0.161. The van der Waals surface area contributed by atoms with Crippen molar-refractivity contribution in [1.29, 1.82) is 0 Å². The van der Waals surface area contributed by atoms with Gasteiger partial charge in [0.25, 0.3) is 11.8 Å². The Hall–Kier alpha value is -5.36. The van der Waals surface area contributed by atoms with Gasteiger partial charge in [0, 0.05) is 0 Å². The van der Waals surface area contributed by atoms with E-state index >= 15 is 8.78 Å². The van der Waals surface area contributed by atoms with E-state index in [2.05, 4.69) is 14.9 Å². The van der Waals surface area contributed by atoms with Crippen molar-refractivity contribution < 1.29 is 75.4 Å². The second kappa shape index (κ2) is 12.5. The predicted molar refractivity (Wildman–Crippen MR) is 142 cm³/mol. The predicted octanol–water partition coefficient (Wildman–Crippen LogP) is 10.8. The van der Waals surface area contributed by atoms with Crippen molar-refractivity contribution in [2.45, 2.75) is 31.6 Å². The number of benzene rings is 4. The van der Waals surface area contributed by atoms with Crippen molar-refractivity contribution in [3.63, 3.8) is 0 Å². The molecular formula is C31H14F14N2O3. The van der Waals surface area contributed by atoms with Gasteiger partial charge in [0.15, 0.2) is 28.7 Å². The van der Waals surface area contributed by atoms with Crippen LogP contribution in [0.1, 0.15) is 18.1 Å². The number of hydrogen-bond donors (Lipinski definition) is 0. The van der Waals surface area contributed by atoms with E-state index in [-0.39, 0.29) is 24.8 Å². The molecule has 0 aliphatic carbocycles. The Morgan fingerprint density at radius 2 is 0.820 bits per heavy atom. The Labute approximate surface area is 269 Å². The number of aryl methyl sites for hydroxylation is 1. The van der Waals surface area contributed by atoms with Gasteiger partial charge in [-0.05, 0) is 43.7 Å². The van der Waals surface area contributed by atoms with Crippen LogP contribution in [0.2, 0.25) is 0 Å². The van der Waals surface area contributed by atoms with E-state index in [1.165, 1.54) is 24.3 Å². The van der Waals surface area contributed by atoms with Crippen molar-refractivity contribution in [3.8, 4) is 45.9 Å². The van der Waals surface area contributed by atoms with Gasteiger partial charge in [0.1, 0.15) is 22.6 Å². The maximum absolute atomic E-state index is 15.0. The molecule has 50 heavy (non-hydrogen) atoms. The molecule has 5 nitrogen and oxygen atoms in total. The third-order valence-corrected chi connectivity index (χ3v) is 7.33. The Kier molecular flexibility index (Phi) is 8.99. The van der Waals surface area contributed by atoms with Crippen LogP contribution in [0.3, 0.4) is 0 Å². The number of ether oxygens (including phenoxy) is 2. The highest BCUT2D eigenvalue weighted by molar-refractivity contribution is 5.63. The summed E-state index contributed by atoms with van der Waals surface area (Å²) < 4.78 is 214. The number of halogens is 14. The molecule has 5 rings (SSSR count). The van der Waals surface area contributed by atoms with Gasteiger partial charge in [-0.2, -0.15) is 43.9 Å². The maximum atomic E-state index is 15.0. The summed E-state index contributed by atoms with van der Waals surface area (Å²) in [4.78, 5) is 0. The van der Waals surface area contributed by atoms with Crippen molar-refractivity contribution in [3.05, 3.63) is 106 Å². The number of nitrogens with zero attached hydrogens (tertiary/aromatic N) is 2. The highest BCUT2D eigenvalue weighted by atomic mass is 19.4. The summed E-state index contributed by atoms with van der Waals surface area (Å²) in [6.45, 7) is 1.49. The van der Waals surface area contributed by atoms with Gasteiger partial charge in [-0.25, -0.2) is 17.6 Å². The Morgan fingerprint density at radius 3 is 1.14 bits per heavy atom. The second-order valence-corrected chi connectivity index (χ2v) is 10.5. The average molecular weight is 728 g/mol. The summed E-state index contributed by atoms with van der Waals surface area (Å²) in [7, 11) is 0. The molecule has 0 radical (unpaired) electrons. The minimum Gasteiger partial charge on any atom is -0.451 e. The molecule has 1 heterocycles. The van der Waals surface area contributed by atoms with Crippen LogP contribution in [-0.4, -0.2) is 22.5 Å². The van der Waals surface area contributed by atoms with E-state index < -0.39 is 110 Å². The molecule has 0 aliphatic rings. The molecule has 4 aromatic carbocycles.